The third kappa shape index (κ3) is 3.79. The minimum Gasteiger partial charge on any atom is -0.477 e. The number of nitrogens with one attached hydrogen (secondary N) is 1. The van der Waals surface area contributed by atoms with Gasteiger partial charge < -0.3 is 5.11 Å². The van der Waals surface area contributed by atoms with Crippen molar-refractivity contribution < 1.29 is 18.3 Å². The molecule has 0 saturated carbocycles. The van der Waals surface area contributed by atoms with Gasteiger partial charge in [-0.05, 0) is 48.6 Å². The fraction of sp³-hybridized carbons (Fsp3) is 0.105. The van der Waals surface area contributed by atoms with Gasteiger partial charge in [0.05, 0.1) is 10.6 Å². The molecule has 3 rings (SSSR count). The zero-order valence-electron chi connectivity index (χ0n) is 14.2. The SMILES string of the molecule is Cc1cc(C)cc(-c2cccc(S(=O)(=O)Nc3ccsc3C(=O)O)c2)c1. The van der Waals surface area contributed by atoms with Crippen molar-refractivity contribution in [3.05, 3.63) is 69.9 Å². The Morgan fingerprint density at radius 1 is 1.00 bits per heavy atom. The van der Waals surface area contributed by atoms with Gasteiger partial charge in [-0.1, -0.05) is 41.5 Å². The summed E-state index contributed by atoms with van der Waals surface area (Å²) in [5.41, 5.74) is 3.97. The van der Waals surface area contributed by atoms with Crippen molar-refractivity contribution >= 4 is 33.0 Å². The van der Waals surface area contributed by atoms with Gasteiger partial charge in [-0.3, -0.25) is 4.72 Å². The minimum atomic E-state index is -3.90. The van der Waals surface area contributed by atoms with Crippen molar-refractivity contribution in [1.29, 1.82) is 0 Å². The number of rotatable bonds is 5. The molecule has 0 bridgehead atoms. The number of carboxylic acids is 1. The lowest BCUT2D eigenvalue weighted by Crippen LogP contribution is -2.14. The molecule has 0 radical (unpaired) electrons. The fourth-order valence-electron chi connectivity index (χ4n) is 2.74. The van der Waals surface area contributed by atoms with Crippen LogP contribution in [0.2, 0.25) is 0 Å². The van der Waals surface area contributed by atoms with Gasteiger partial charge in [-0.15, -0.1) is 11.3 Å². The average molecular weight is 387 g/mol. The van der Waals surface area contributed by atoms with E-state index in [9.17, 15) is 13.2 Å². The molecular formula is C19H17NO4S2. The molecule has 0 aliphatic rings. The number of carboxylic acid groups (broad SMARTS) is 1. The van der Waals surface area contributed by atoms with Gasteiger partial charge in [0.1, 0.15) is 4.88 Å². The van der Waals surface area contributed by atoms with E-state index in [4.69, 9.17) is 5.11 Å². The summed E-state index contributed by atoms with van der Waals surface area (Å²) in [4.78, 5) is 11.2. The van der Waals surface area contributed by atoms with E-state index in [0.717, 1.165) is 33.6 Å². The van der Waals surface area contributed by atoms with Crippen LogP contribution in [0.5, 0.6) is 0 Å². The highest BCUT2D eigenvalue weighted by Gasteiger charge is 2.20. The molecule has 3 aromatic rings. The maximum Gasteiger partial charge on any atom is 0.348 e. The smallest absolute Gasteiger partial charge is 0.348 e. The minimum absolute atomic E-state index is 0.0426. The number of carbonyl (C=O) groups is 1. The van der Waals surface area contributed by atoms with Crippen LogP contribution in [0.15, 0.2) is 58.8 Å². The monoisotopic (exact) mass is 387 g/mol. The van der Waals surface area contributed by atoms with Gasteiger partial charge >= 0.3 is 5.97 Å². The molecule has 0 amide bonds. The molecule has 134 valence electrons. The van der Waals surface area contributed by atoms with E-state index in [-0.39, 0.29) is 15.5 Å². The Morgan fingerprint density at radius 3 is 2.35 bits per heavy atom. The zero-order valence-corrected chi connectivity index (χ0v) is 15.8. The number of thiophene rings is 1. The Morgan fingerprint density at radius 2 is 1.69 bits per heavy atom. The van der Waals surface area contributed by atoms with Gasteiger partial charge in [0.25, 0.3) is 10.0 Å². The standard InChI is InChI=1S/C19H17NO4S2/c1-12-8-13(2)10-15(9-12)14-4-3-5-16(11-14)26(23,24)20-17-6-7-25-18(17)19(21)22/h3-11,20H,1-2H3,(H,21,22). The summed E-state index contributed by atoms with van der Waals surface area (Å²) < 4.78 is 27.8. The van der Waals surface area contributed by atoms with Gasteiger partial charge in [0.15, 0.2) is 0 Å². The Hall–Kier alpha value is -2.64. The van der Waals surface area contributed by atoms with Crippen LogP contribution in [0.3, 0.4) is 0 Å². The van der Waals surface area contributed by atoms with Gasteiger partial charge in [-0.25, -0.2) is 13.2 Å². The number of hydrogen-bond donors (Lipinski definition) is 2. The number of anilines is 1. The van der Waals surface area contributed by atoms with Crippen LogP contribution in [0.25, 0.3) is 11.1 Å². The summed E-state index contributed by atoms with van der Waals surface area (Å²) in [5, 5.41) is 10.7. The lowest BCUT2D eigenvalue weighted by Gasteiger charge is -2.10. The largest absolute Gasteiger partial charge is 0.477 e. The lowest BCUT2D eigenvalue weighted by atomic mass is 10.0. The first kappa shape index (κ1) is 18.2. The second-order valence-corrected chi connectivity index (χ2v) is 8.58. The summed E-state index contributed by atoms with van der Waals surface area (Å²) in [6, 6.07) is 14.1. The van der Waals surface area contributed by atoms with Crippen LogP contribution in [-0.2, 0) is 10.0 Å². The highest BCUT2D eigenvalue weighted by molar-refractivity contribution is 7.92. The van der Waals surface area contributed by atoms with Crippen LogP contribution in [-0.4, -0.2) is 19.5 Å². The summed E-state index contributed by atoms with van der Waals surface area (Å²) in [6.45, 7) is 3.98. The number of hydrogen-bond acceptors (Lipinski definition) is 4. The normalized spacial score (nSPS) is 11.3. The molecule has 2 aromatic carbocycles. The number of benzene rings is 2. The highest BCUT2D eigenvalue weighted by Crippen LogP contribution is 2.28. The van der Waals surface area contributed by atoms with E-state index >= 15 is 0 Å². The summed E-state index contributed by atoms with van der Waals surface area (Å²) >= 11 is 0.970. The molecule has 26 heavy (non-hydrogen) atoms. The van der Waals surface area contributed by atoms with Crippen molar-refractivity contribution in [1.82, 2.24) is 0 Å². The topological polar surface area (TPSA) is 83.5 Å². The third-order valence-electron chi connectivity index (χ3n) is 3.80. The molecule has 0 saturated heterocycles. The fourth-order valence-corrected chi connectivity index (χ4v) is 4.61. The van der Waals surface area contributed by atoms with Crippen molar-refractivity contribution in [2.45, 2.75) is 18.7 Å². The van der Waals surface area contributed by atoms with E-state index < -0.39 is 16.0 Å². The second-order valence-electron chi connectivity index (χ2n) is 5.98. The van der Waals surface area contributed by atoms with Crippen LogP contribution >= 0.6 is 11.3 Å². The van der Waals surface area contributed by atoms with E-state index in [2.05, 4.69) is 10.8 Å². The van der Waals surface area contributed by atoms with Crippen molar-refractivity contribution in [2.24, 2.45) is 0 Å². The Balaban J connectivity index is 1.98. The average Bonchev–Trinajstić information content (AvgIpc) is 3.02. The van der Waals surface area contributed by atoms with Crippen LogP contribution in [0, 0.1) is 13.8 Å². The first-order valence-electron chi connectivity index (χ1n) is 7.78. The Bertz CT molecular complexity index is 1060. The first-order valence-corrected chi connectivity index (χ1v) is 10.1. The molecule has 1 heterocycles. The van der Waals surface area contributed by atoms with Crippen LogP contribution < -0.4 is 4.72 Å². The van der Waals surface area contributed by atoms with E-state index in [1.807, 2.05) is 32.0 Å². The molecule has 7 heteroatoms. The van der Waals surface area contributed by atoms with E-state index in [1.165, 1.54) is 17.5 Å². The van der Waals surface area contributed by atoms with Crippen LogP contribution in [0.1, 0.15) is 20.8 Å². The molecular weight excluding hydrogens is 370 g/mol. The molecule has 0 unspecified atom stereocenters. The number of aromatic carboxylic acids is 1. The van der Waals surface area contributed by atoms with Gasteiger partial charge in [-0.2, -0.15) is 0 Å². The van der Waals surface area contributed by atoms with E-state index in [1.54, 1.807) is 12.1 Å². The molecule has 0 spiro atoms. The first-order chi connectivity index (χ1) is 12.3. The van der Waals surface area contributed by atoms with Crippen molar-refractivity contribution in [3.8, 4) is 11.1 Å². The second kappa shape index (κ2) is 6.93. The number of sulfonamides is 1. The maximum absolute atomic E-state index is 12.7. The predicted octanol–water partition coefficient (Wildman–Crippen LogP) is 4.53. The molecule has 1 aromatic heterocycles. The molecule has 0 aliphatic heterocycles. The lowest BCUT2D eigenvalue weighted by molar-refractivity contribution is 0.0703. The molecule has 0 atom stereocenters. The predicted molar refractivity (Wildman–Crippen MR) is 103 cm³/mol. The van der Waals surface area contributed by atoms with Gasteiger partial charge in [0, 0.05) is 0 Å². The Labute approximate surface area is 156 Å². The summed E-state index contributed by atoms with van der Waals surface area (Å²) in [5.74, 6) is -1.17. The van der Waals surface area contributed by atoms with Crippen molar-refractivity contribution in [2.75, 3.05) is 4.72 Å². The van der Waals surface area contributed by atoms with Gasteiger partial charge in [0.2, 0.25) is 0 Å². The summed E-state index contributed by atoms with van der Waals surface area (Å²) in [6.07, 6.45) is 0. The van der Waals surface area contributed by atoms with E-state index in [0.29, 0.717) is 0 Å². The number of aryl methyl sites for hydroxylation is 2. The quantitative estimate of drug-likeness (QED) is 0.674. The molecule has 0 fully saturated rings. The zero-order chi connectivity index (χ0) is 18.9. The third-order valence-corrected chi connectivity index (χ3v) is 6.07. The summed E-state index contributed by atoms with van der Waals surface area (Å²) in [7, 11) is -3.90. The highest BCUT2D eigenvalue weighted by atomic mass is 32.2. The molecule has 2 N–H and O–H groups in total. The molecule has 5 nitrogen and oxygen atoms in total. The van der Waals surface area contributed by atoms with Crippen molar-refractivity contribution in [3.63, 3.8) is 0 Å². The Kier molecular flexibility index (Phi) is 4.84. The van der Waals surface area contributed by atoms with Crippen LogP contribution in [0.4, 0.5) is 5.69 Å². The molecule has 0 aliphatic carbocycles. The maximum atomic E-state index is 12.7.